The number of nitrogens with one attached hydrogen (secondary N) is 2. The van der Waals surface area contributed by atoms with Crippen LogP contribution in [0.4, 0.5) is 0 Å². The third kappa shape index (κ3) is 8.06. The first-order chi connectivity index (χ1) is 15.4. The van der Waals surface area contributed by atoms with E-state index in [0.717, 1.165) is 0 Å². The Balaban J connectivity index is 2.11. The molecule has 2 rings (SSSR count). The number of amides is 3. The molecule has 0 unspecified atom stereocenters. The molecule has 2 N–H and O–H groups in total. The van der Waals surface area contributed by atoms with E-state index in [-0.39, 0.29) is 41.0 Å². The van der Waals surface area contributed by atoms with Crippen molar-refractivity contribution in [2.24, 2.45) is 17.3 Å². The fraction of sp³-hybridized carbons (Fsp3) is 0.654. The van der Waals surface area contributed by atoms with E-state index in [0.29, 0.717) is 43.7 Å². The summed E-state index contributed by atoms with van der Waals surface area (Å²) in [4.78, 5) is 40.7. The first-order valence-corrected chi connectivity index (χ1v) is 11.9. The van der Waals surface area contributed by atoms with Crippen molar-refractivity contribution < 1.29 is 19.1 Å². The molecule has 0 aromatic heterocycles. The summed E-state index contributed by atoms with van der Waals surface area (Å²) >= 11 is 0. The van der Waals surface area contributed by atoms with Crippen LogP contribution in [-0.2, 0) is 9.59 Å². The van der Waals surface area contributed by atoms with Crippen molar-refractivity contribution in [2.45, 2.75) is 72.9 Å². The normalized spacial score (nSPS) is 16.8. The Kier molecular flexibility index (Phi) is 9.32. The Morgan fingerprint density at radius 3 is 2.09 bits per heavy atom. The van der Waals surface area contributed by atoms with Crippen molar-refractivity contribution in [1.82, 2.24) is 15.5 Å². The highest BCUT2D eigenvalue weighted by atomic mass is 16.5. The minimum absolute atomic E-state index is 0.00802. The largest absolute Gasteiger partial charge is 0.497 e. The van der Waals surface area contributed by atoms with Crippen LogP contribution in [-0.4, -0.2) is 54.9 Å². The minimum Gasteiger partial charge on any atom is -0.497 e. The smallest absolute Gasteiger partial charge is 0.251 e. The van der Waals surface area contributed by atoms with Crippen LogP contribution in [0.5, 0.6) is 5.75 Å². The van der Waals surface area contributed by atoms with Crippen LogP contribution >= 0.6 is 0 Å². The Labute approximate surface area is 198 Å². The Hall–Kier alpha value is -2.57. The van der Waals surface area contributed by atoms with Gasteiger partial charge in [0.05, 0.1) is 7.11 Å². The predicted molar refractivity (Wildman–Crippen MR) is 130 cm³/mol. The van der Waals surface area contributed by atoms with Gasteiger partial charge >= 0.3 is 0 Å². The Morgan fingerprint density at radius 1 is 1.03 bits per heavy atom. The topological polar surface area (TPSA) is 87.7 Å². The van der Waals surface area contributed by atoms with Gasteiger partial charge in [0.25, 0.3) is 5.91 Å². The van der Waals surface area contributed by atoms with Gasteiger partial charge in [-0.05, 0) is 61.3 Å². The summed E-state index contributed by atoms with van der Waals surface area (Å²) in [7, 11) is 1.57. The fourth-order valence-electron chi connectivity index (χ4n) is 3.89. The number of rotatable bonds is 8. The zero-order chi connectivity index (χ0) is 24.8. The lowest BCUT2D eigenvalue weighted by Crippen LogP contribution is -2.55. The van der Waals surface area contributed by atoms with E-state index in [9.17, 15) is 14.4 Å². The molecule has 0 bridgehead atoms. The zero-order valence-corrected chi connectivity index (χ0v) is 21.2. The maximum absolute atomic E-state index is 13.2. The fourth-order valence-corrected chi connectivity index (χ4v) is 3.89. The van der Waals surface area contributed by atoms with E-state index in [1.807, 2.05) is 11.8 Å². The van der Waals surface area contributed by atoms with Crippen molar-refractivity contribution in [3.63, 3.8) is 0 Å². The number of likely N-dealkylation sites (tertiary alicyclic amines) is 1. The van der Waals surface area contributed by atoms with Gasteiger partial charge in [0, 0.05) is 31.1 Å². The van der Waals surface area contributed by atoms with Crippen LogP contribution in [0.2, 0.25) is 0 Å². The molecule has 0 saturated carbocycles. The monoisotopic (exact) mass is 459 g/mol. The summed E-state index contributed by atoms with van der Waals surface area (Å²) in [5.74, 6) is 0.601. The van der Waals surface area contributed by atoms with Crippen molar-refractivity contribution in [1.29, 1.82) is 0 Å². The van der Waals surface area contributed by atoms with Crippen molar-refractivity contribution in [3.8, 4) is 5.75 Å². The second kappa shape index (κ2) is 11.5. The predicted octanol–water partition coefficient (Wildman–Crippen LogP) is 3.63. The van der Waals surface area contributed by atoms with Crippen molar-refractivity contribution in [2.75, 3.05) is 20.2 Å². The summed E-state index contributed by atoms with van der Waals surface area (Å²) < 4.78 is 5.16. The molecule has 7 heteroatoms. The molecule has 1 fully saturated rings. The van der Waals surface area contributed by atoms with E-state index < -0.39 is 6.04 Å². The van der Waals surface area contributed by atoms with E-state index in [4.69, 9.17) is 4.74 Å². The Morgan fingerprint density at radius 2 is 1.61 bits per heavy atom. The molecule has 0 spiro atoms. The van der Waals surface area contributed by atoms with Crippen LogP contribution in [0.15, 0.2) is 24.3 Å². The number of hydrogen-bond acceptors (Lipinski definition) is 4. The molecular weight excluding hydrogens is 418 g/mol. The van der Waals surface area contributed by atoms with E-state index in [2.05, 4.69) is 45.3 Å². The molecule has 1 aromatic rings. The maximum atomic E-state index is 13.2. The van der Waals surface area contributed by atoms with Crippen molar-refractivity contribution >= 4 is 17.7 Å². The molecular formula is C26H41N3O4. The van der Waals surface area contributed by atoms with Gasteiger partial charge in [-0.15, -0.1) is 0 Å². The third-order valence-corrected chi connectivity index (χ3v) is 6.34. The number of nitrogens with zero attached hydrogens (tertiary/aromatic N) is 1. The number of carbonyl (C=O) groups is 3. The van der Waals surface area contributed by atoms with E-state index >= 15 is 0 Å². The zero-order valence-electron chi connectivity index (χ0n) is 21.2. The van der Waals surface area contributed by atoms with E-state index in [1.54, 1.807) is 31.4 Å². The summed E-state index contributed by atoms with van der Waals surface area (Å²) in [6.45, 7) is 13.4. The first-order valence-electron chi connectivity index (χ1n) is 11.9. The van der Waals surface area contributed by atoms with Gasteiger partial charge in [0.1, 0.15) is 11.8 Å². The van der Waals surface area contributed by atoms with Gasteiger partial charge in [-0.1, -0.05) is 34.6 Å². The highest BCUT2D eigenvalue weighted by Crippen LogP contribution is 2.25. The number of carbonyl (C=O) groups excluding carboxylic acids is 3. The van der Waals surface area contributed by atoms with Gasteiger partial charge < -0.3 is 20.3 Å². The van der Waals surface area contributed by atoms with E-state index in [1.165, 1.54) is 0 Å². The van der Waals surface area contributed by atoms with Crippen LogP contribution < -0.4 is 15.4 Å². The minimum atomic E-state index is -0.652. The molecule has 2 atom stereocenters. The van der Waals surface area contributed by atoms with Gasteiger partial charge in [-0.25, -0.2) is 0 Å². The number of ether oxygens (including phenoxy) is 1. The molecule has 1 aromatic carbocycles. The third-order valence-electron chi connectivity index (χ3n) is 6.34. The van der Waals surface area contributed by atoms with Gasteiger partial charge in [0.2, 0.25) is 11.8 Å². The average molecular weight is 460 g/mol. The second-order valence-corrected chi connectivity index (χ2v) is 10.7. The van der Waals surface area contributed by atoms with Crippen LogP contribution in [0, 0.1) is 17.3 Å². The number of piperidine rings is 1. The standard InChI is InChI=1S/C26H41N3O4/c1-17(2)18(3)27-25(32)23(28-24(31)20-8-10-21(33-7)11-9-20)19-12-14-29(15-13-19)22(30)16-26(4,5)6/h8-11,17-19,23H,12-16H2,1-7H3,(H,27,32)(H,28,31)/t18-,23-/m0/s1. The van der Waals surface area contributed by atoms with Crippen LogP contribution in [0.25, 0.3) is 0 Å². The van der Waals surface area contributed by atoms with Crippen LogP contribution in [0.3, 0.4) is 0 Å². The SMILES string of the molecule is COc1ccc(C(=O)N[C@H](C(=O)N[C@@H](C)C(C)C)C2CCN(C(=O)CC(C)(C)C)CC2)cc1. The lowest BCUT2D eigenvalue weighted by atomic mass is 9.86. The Bertz CT molecular complexity index is 806. The molecule has 7 nitrogen and oxygen atoms in total. The molecule has 3 amide bonds. The molecule has 33 heavy (non-hydrogen) atoms. The molecule has 0 aliphatic carbocycles. The van der Waals surface area contributed by atoms with Crippen molar-refractivity contribution in [3.05, 3.63) is 29.8 Å². The molecule has 184 valence electrons. The molecule has 1 saturated heterocycles. The molecule has 0 radical (unpaired) electrons. The number of benzene rings is 1. The lowest BCUT2D eigenvalue weighted by molar-refractivity contribution is -0.134. The molecule has 1 heterocycles. The summed E-state index contributed by atoms with van der Waals surface area (Å²) in [5, 5.41) is 6.03. The number of hydrogen-bond donors (Lipinski definition) is 2. The highest BCUT2D eigenvalue weighted by molar-refractivity contribution is 5.97. The number of methoxy groups -OCH3 is 1. The highest BCUT2D eigenvalue weighted by Gasteiger charge is 2.35. The summed E-state index contributed by atoms with van der Waals surface area (Å²) in [6, 6.07) is 6.17. The molecule has 1 aliphatic rings. The average Bonchev–Trinajstić information content (AvgIpc) is 2.76. The second-order valence-electron chi connectivity index (χ2n) is 10.7. The molecule has 1 aliphatic heterocycles. The quantitative estimate of drug-likeness (QED) is 0.621. The summed E-state index contributed by atoms with van der Waals surface area (Å²) in [6.07, 6.45) is 1.85. The van der Waals surface area contributed by atoms with Gasteiger partial charge in [0.15, 0.2) is 0 Å². The van der Waals surface area contributed by atoms with Crippen LogP contribution in [0.1, 0.15) is 71.2 Å². The van der Waals surface area contributed by atoms with Gasteiger partial charge in [-0.2, -0.15) is 0 Å². The first kappa shape index (κ1) is 26.7. The van der Waals surface area contributed by atoms with Gasteiger partial charge in [-0.3, -0.25) is 14.4 Å². The maximum Gasteiger partial charge on any atom is 0.251 e. The summed E-state index contributed by atoms with van der Waals surface area (Å²) in [5.41, 5.74) is 0.415. The lowest BCUT2D eigenvalue weighted by Gasteiger charge is -2.37.